The zero-order valence-electron chi connectivity index (χ0n) is 13.0. The van der Waals surface area contributed by atoms with E-state index >= 15 is 0 Å². The fourth-order valence-electron chi connectivity index (χ4n) is 2.41. The second kappa shape index (κ2) is 7.26. The smallest absolute Gasteiger partial charge is 0.228 e. The first-order valence-electron chi connectivity index (χ1n) is 7.50. The van der Waals surface area contributed by atoms with Crippen LogP contribution in [0.3, 0.4) is 0 Å². The summed E-state index contributed by atoms with van der Waals surface area (Å²) in [5.74, 6) is 0.720. The first-order valence-corrected chi connectivity index (χ1v) is 7.50. The fourth-order valence-corrected chi connectivity index (χ4v) is 2.41. The summed E-state index contributed by atoms with van der Waals surface area (Å²) in [5, 5.41) is 2.88. The minimum absolute atomic E-state index is 0.0590. The summed E-state index contributed by atoms with van der Waals surface area (Å²) >= 11 is 0. The van der Waals surface area contributed by atoms with E-state index in [1.807, 2.05) is 48.5 Å². The van der Waals surface area contributed by atoms with Crippen molar-refractivity contribution in [3.63, 3.8) is 0 Å². The fraction of sp³-hybridized carbons (Fsp3) is 0.278. The summed E-state index contributed by atoms with van der Waals surface area (Å²) in [6, 6.07) is 15.0. The second-order valence-corrected chi connectivity index (χ2v) is 5.27. The molecule has 0 saturated carbocycles. The van der Waals surface area contributed by atoms with E-state index in [9.17, 15) is 4.79 Å². The molecular formula is C18H19NO4. The Labute approximate surface area is 135 Å². The van der Waals surface area contributed by atoms with Crippen LogP contribution in [0.15, 0.2) is 48.5 Å². The third kappa shape index (κ3) is 4.09. The van der Waals surface area contributed by atoms with Crippen LogP contribution in [0.25, 0.3) is 0 Å². The number of hydrogen-bond donors (Lipinski definition) is 1. The van der Waals surface area contributed by atoms with E-state index in [0.717, 1.165) is 22.6 Å². The average Bonchev–Trinajstić information content (AvgIpc) is 3.11. The van der Waals surface area contributed by atoms with E-state index in [1.165, 1.54) is 0 Å². The predicted octanol–water partition coefficient (Wildman–Crippen LogP) is 2.92. The monoisotopic (exact) mass is 313 g/mol. The number of carbonyl (C=O) groups is 1. The predicted molar refractivity (Wildman–Crippen MR) is 86.4 cm³/mol. The lowest BCUT2D eigenvalue weighted by molar-refractivity contribution is -0.115. The Kier molecular flexibility index (Phi) is 4.90. The molecule has 120 valence electrons. The van der Waals surface area contributed by atoms with Gasteiger partial charge in [0.05, 0.1) is 26.7 Å². The molecule has 23 heavy (non-hydrogen) atoms. The average molecular weight is 313 g/mol. The number of methoxy groups -OCH3 is 1. The van der Waals surface area contributed by atoms with Crippen molar-refractivity contribution in [1.29, 1.82) is 0 Å². The van der Waals surface area contributed by atoms with Gasteiger partial charge in [0.2, 0.25) is 5.91 Å². The second-order valence-electron chi connectivity index (χ2n) is 5.27. The van der Waals surface area contributed by atoms with Crippen LogP contribution in [0.2, 0.25) is 0 Å². The highest BCUT2D eigenvalue weighted by Crippen LogP contribution is 2.24. The number of amides is 1. The summed E-state index contributed by atoms with van der Waals surface area (Å²) in [7, 11) is 1.62. The molecule has 3 rings (SSSR count). The van der Waals surface area contributed by atoms with Crippen molar-refractivity contribution in [3.05, 3.63) is 59.7 Å². The molecule has 0 aliphatic carbocycles. The van der Waals surface area contributed by atoms with E-state index in [0.29, 0.717) is 19.6 Å². The molecule has 2 aromatic rings. The number of nitrogens with one attached hydrogen (secondary N) is 1. The van der Waals surface area contributed by atoms with E-state index < -0.39 is 0 Å². The minimum Gasteiger partial charge on any atom is -0.497 e. The molecule has 1 N–H and O–H groups in total. The summed E-state index contributed by atoms with van der Waals surface area (Å²) in [6.45, 7) is 1.23. The van der Waals surface area contributed by atoms with Gasteiger partial charge in [-0.05, 0) is 29.8 Å². The van der Waals surface area contributed by atoms with Gasteiger partial charge in [-0.1, -0.05) is 24.3 Å². The number of rotatable bonds is 5. The molecule has 1 aliphatic heterocycles. The molecule has 0 unspecified atom stereocenters. The highest BCUT2D eigenvalue weighted by molar-refractivity contribution is 5.92. The van der Waals surface area contributed by atoms with Gasteiger partial charge in [0.15, 0.2) is 6.29 Å². The van der Waals surface area contributed by atoms with Gasteiger partial charge in [-0.15, -0.1) is 0 Å². The SMILES string of the molecule is COc1ccc(CC(=O)Nc2ccc(C3OCCO3)cc2)cc1. The van der Waals surface area contributed by atoms with Crippen LogP contribution >= 0.6 is 0 Å². The van der Waals surface area contributed by atoms with Crippen molar-refractivity contribution in [1.82, 2.24) is 0 Å². The summed E-state index contributed by atoms with van der Waals surface area (Å²) < 4.78 is 16.0. The first kappa shape index (κ1) is 15.5. The van der Waals surface area contributed by atoms with Crippen molar-refractivity contribution in [3.8, 4) is 5.75 Å². The Morgan fingerprint density at radius 1 is 1.09 bits per heavy atom. The highest BCUT2D eigenvalue weighted by Gasteiger charge is 2.17. The van der Waals surface area contributed by atoms with Crippen molar-refractivity contribution in [2.45, 2.75) is 12.7 Å². The third-order valence-corrected chi connectivity index (χ3v) is 3.61. The lowest BCUT2D eigenvalue weighted by atomic mass is 10.1. The molecule has 1 aliphatic rings. The van der Waals surface area contributed by atoms with Gasteiger partial charge in [0, 0.05) is 11.3 Å². The van der Waals surface area contributed by atoms with Crippen molar-refractivity contribution < 1.29 is 19.0 Å². The summed E-state index contributed by atoms with van der Waals surface area (Å²) in [6.07, 6.45) is 0.0275. The molecule has 5 nitrogen and oxygen atoms in total. The molecule has 1 heterocycles. The van der Waals surface area contributed by atoms with Gasteiger partial charge >= 0.3 is 0 Å². The van der Waals surface area contributed by atoms with Gasteiger partial charge in [-0.2, -0.15) is 0 Å². The third-order valence-electron chi connectivity index (χ3n) is 3.61. The molecule has 2 aromatic carbocycles. The lowest BCUT2D eigenvalue weighted by Crippen LogP contribution is -2.14. The van der Waals surface area contributed by atoms with E-state index in [4.69, 9.17) is 14.2 Å². The molecule has 0 aromatic heterocycles. The standard InChI is InChI=1S/C18H19NO4/c1-21-16-8-2-13(3-9-16)12-17(20)19-15-6-4-14(5-7-15)18-22-10-11-23-18/h2-9,18H,10-12H2,1H3,(H,19,20). The maximum absolute atomic E-state index is 12.1. The Bertz CT molecular complexity index is 646. The van der Waals surface area contributed by atoms with Gasteiger partial charge in [0.25, 0.3) is 0 Å². The molecule has 0 bridgehead atoms. The number of carbonyl (C=O) groups excluding carboxylic acids is 1. The van der Waals surface area contributed by atoms with E-state index in [-0.39, 0.29) is 12.2 Å². The van der Waals surface area contributed by atoms with E-state index in [2.05, 4.69) is 5.32 Å². The van der Waals surface area contributed by atoms with Crippen LogP contribution in [0.4, 0.5) is 5.69 Å². The van der Waals surface area contributed by atoms with Crippen LogP contribution in [0.1, 0.15) is 17.4 Å². The maximum atomic E-state index is 12.1. The summed E-state index contributed by atoms with van der Waals surface area (Å²) in [4.78, 5) is 12.1. The maximum Gasteiger partial charge on any atom is 0.228 e. The molecule has 1 fully saturated rings. The molecule has 1 saturated heterocycles. The van der Waals surface area contributed by atoms with E-state index in [1.54, 1.807) is 7.11 Å². The van der Waals surface area contributed by atoms with Crippen LogP contribution in [-0.4, -0.2) is 26.2 Å². The molecule has 1 amide bonds. The van der Waals surface area contributed by atoms with Crippen molar-refractivity contribution in [2.75, 3.05) is 25.6 Å². The number of anilines is 1. The number of hydrogen-bond acceptors (Lipinski definition) is 4. The Morgan fingerprint density at radius 2 is 1.74 bits per heavy atom. The number of ether oxygens (including phenoxy) is 3. The Morgan fingerprint density at radius 3 is 2.35 bits per heavy atom. The van der Waals surface area contributed by atoms with Crippen LogP contribution < -0.4 is 10.1 Å². The Hall–Kier alpha value is -2.37. The zero-order valence-corrected chi connectivity index (χ0v) is 13.0. The van der Waals surface area contributed by atoms with Gasteiger partial charge in [-0.3, -0.25) is 4.79 Å². The van der Waals surface area contributed by atoms with Crippen LogP contribution in [-0.2, 0) is 20.7 Å². The number of benzene rings is 2. The zero-order chi connectivity index (χ0) is 16.1. The molecule has 0 radical (unpaired) electrons. The van der Waals surface area contributed by atoms with Crippen LogP contribution in [0, 0.1) is 0 Å². The molecule has 5 heteroatoms. The summed E-state index contributed by atoms with van der Waals surface area (Å²) in [5.41, 5.74) is 2.65. The topological polar surface area (TPSA) is 56.8 Å². The molecule has 0 atom stereocenters. The van der Waals surface area contributed by atoms with Crippen molar-refractivity contribution in [2.24, 2.45) is 0 Å². The van der Waals surface area contributed by atoms with Gasteiger partial charge in [0.1, 0.15) is 5.75 Å². The van der Waals surface area contributed by atoms with Crippen LogP contribution in [0.5, 0.6) is 5.75 Å². The quantitative estimate of drug-likeness (QED) is 0.922. The highest BCUT2D eigenvalue weighted by atomic mass is 16.7. The largest absolute Gasteiger partial charge is 0.497 e. The van der Waals surface area contributed by atoms with Crippen molar-refractivity contribution >= 4 is 11.6 Å². The van der Waals surface area contributed by atoms with Gasteiger partial charge in [-0.25, -0.2) is 0 Å². The first-order chi connectivity index (χ1) is 11.2. The minimum atomic E-state index is -0.293. The lowest BCUT2D eigenvalue weighted by Gasteiger charge is -2.10. The molecular weight excluding hydrogens is 294 g/mol. The normalized spacial score (nSPS) is 14.7. The Balaban J connectivity index is 1.56. The van der Waals surface area contributed by atoms with Gasteiger partial charge < -0.3 is 19.5 Å². The molecule has 0 spiro atoms.